The molecule has 0 aliphatic carbocycles. The van der Waals surface area contributed by atoms with Gasteiger partial charge in [-0.1, -0.05) is 0 Å². The standard InChI is InChI=1S/C11H19NO2/c1-3-4-5-11(2,13)8-10-9-14-7-6-12-10/h1,10,12-13H,4-9H2,2H3. The van der Waals surface area contributed by atoms with E-state index < -0.39 is 5.60 Å². The Morgan fingerprint density at radius 1 is 1.71 bits per heavy atom. The minimum absolute atomic E-state index is 0.261. The smallest absolute Gasteiger partial charge is 0.0644 e. The summed E-state index contributed by atoms with van der Waals surface area (Å²) in [7, 11) is 0. The van der Waals surface area contributed by atoms with Gasteiger partial charge in [-0.25, -0.2) is 0 Å². The molecule has 0 aromatic carbocycles. The molecule has 0 spiro atoms. The molecular weight excluding hydrogens is 178 g/mol. The number of terminal acetylenes is 1. The number of morpholine rings is 1. The SMILES string of the molecule is C#CCCC(C)(O)CC1COCCN1. The summed E-state index contributed by atoms with van der Waals surface area (Å²) >= 11 is 0. The molecule has 1 heterocycles. The van der Waals surface area contributed by atoms with E-state index in [4.69, 9.17) is 11.2 Å². The molecule has 0 bridgehead atoms. The van der Waals surface area contributed by atoms with E-state index in [1.165, 1.54) is 0 Å². The summed E-state index contributed by atoms with van der Waals surface area (Å²) in [4.78, 5) is 0. The lowest BCUT2D eigenvalue weighted by Gasteiger charge is -2.31. The molecule has 0 saturated carbocycles. The number of hydrogen-bond acceptors (Lipinski definition) is 3. The van der Waals surface area contributed by atoms with E-state index in [9.17, 15) is 5.11 Å². The van der Waals surface area contributed by atoms with Crippen molar-refractivity contribution in [2.75, 3.05) is 19.8 Å². The van der Waals surface area contributed by atoms with E-state index in [-0.39, 0.29) is 6.04 Å². The number of aliphatic hydroxyl groups is 1. The Morgan fingerprint density at radius 3 is 3.07 bits per heavy atom. The molecule has 3 nitrogen and oxygen atoms in total. The van der Waals surface area contributed by atoms with Crippen molar-refractivity contribution in [3.63, 3.8) is 0 Å². The molecule has 2 atom stereocenters. The van der Waals surface area contributed by atoms with Crippen LogP contribution >= 0.6 is 0 Å². The van der Waals surface area contributed by atoms with Crippen LogP contribution < -0.4 is 5.32 Å². The van der Waals surface area contributed by atoms with Crippen LogP contribution in [-0.2, 0) is 4.74 Å². The van der Waals surface area contributed by atoms with Crippen LogP contribution in [0.5, 0.6) is 0 Å². The fourth-order valence-electron chi connectivity index (χ4n) is 1.73. The van der Waals surface area contributed by atoms with Crippen molar-refractivity contribution in [1.29, 1.82) is 0 Å². The molecule has 1 fully saturated rings. The van der Waals surface area contributed by atoms with Gasteiger partial charge in [0.05, 0.1) is 18.8 Å². The second-order valence-electron chi connectivity index (χ2n) is 4.13. The maximum atomic E-state index is 10.0. The van der Waals surface area contributed by atoms with Gasteiger partial charge in [-0.05, 0) is 19.8 Å². The van der Waals surface area contributed by atoms with Crippen LogP contribution in [0, 0.1) is 12.3 Å². The summed E-state index contributed by atoms with van der Waals surface area (Å²) < 4.78 is 5.32. The molecule has 1 aliphatic rings. The lowest BCUT2D eigenvalue weighted by atomic mass is 9.92. The van der Waals surface area contributed by atoms with Gasteiger partial charge in [0.1, 0.15) is 0 Å². The van der Waals surface area contributed by atoms with Gasteiger partial charge in [0.15, 0.2) is 0 Å². The Morgan fingerprint density at radius 2 is 2.50 bits per heavy atom. The number of hydrogen-bond donors (Lipinski definition) is 2. The zero-order valence-corrected chi connectivity index (χ0v) is 8.75. The van der Waals surface area contributed by atoms with Crippen molar-refractivity contribution in [2.45, 2.75) is 37.8 Å². The molecule has 0 aromatic heterocycles. The Labute approximate surface area is 85.8 Å². The molecule has 1 rings (SSSR count). The minimum atomic E-state index is -0.676. The highest BCUT2D eigenvalue weighted by Crippen LogP contribution is 2.19. The fourth-order valence-corrected chi connectivity index (χ4v) is 1.73. The van der Waals surface area contributed by atoms with Crippen LogP contribution in [0.25, 0.3) is 0 Å². The van der Waals surface area contributed by atoms with E-state index in [1.807, 2.05) is 6.92 Å². The number of nitrogens with one attached hydrogen (secondary N) is 1. The van der Waals surface area contributed by atoms with Crippen LogP contribution in [0.15, 0.2) is 0 Å². The molecule has 0 radical (unpaired) electrons. The molecule has 14 heavy (non-hydrogen) atoms. The summed E-state index contributed by atoms with van der Waals surface area (Å²) in [6.07, 6.45) is 7.15. The molecule has 2 N–H and O–H groups in total. The summed E-state index contributed by atoms with van der Waals surface area (Å²) in [5.41, 5.74) is -0.676. The Hall–Kier alpha value is -0.560. The first-order valence-electron chi connectivity index (χ1n) is 5.11. The first kappa shape index (κ1) is 11.5. The van der Waals surface area contributed by atoms with Crippen LogP contribution in [0.4, 0.5) is 0 Å². The van der Waals surface area contributed by atoms with Gasteiger partial charge in [0.25, 0.3) is 0 Å². The van der Waals surface area contributed by atoms with Crippen molar-refractivity contribution in [2.24, 2.45) is 0 Å². The molecular formula is C11H19NO2. The van der Waals surface area contributed by atoms with Crippen molar-refractivity contribution < 1.29 is 9.84 Å². The normalized spacial score (nSPS) is 26.5. The Bertz CT molecular complexity index is 202. The van der Waals surface area contributed by atoms with E-state index in [1.54, 1.807) is 0 Å². The number of ether oxygens (including phenoxy) is 1. The molecule has 3 heteroatoms. The fraction of sp³-hybridized carbons (Fsp3) is 0.818. The lowest BCUT2D eigenvalue weighted by molar-refractivity contribution is 0.00192. The van der Waals surface area contributed by atoms with E-state index in [0.717, 1.165) is 13.2 Å². The average molecular weight is 197 g/mol. The minimum Gasteiger partial charge on any atom is -0.390 e. The first-order valence-corrected chi connectivity index (χ1v) is 5.11. The quantitative estimate of drug-likeness (QED) is 0.646. The van der Waals surface area contributed by atoms with E-state index in [0.29, 0.717) is 25.9 Å². The highest BCUT2D eigenvalue weighted by Gasteiger charge is 2.25. The van der Waals surface area contributed by atoms with Gasteiger partial charge in [-0.2, -0.15) is 0 Å². The van der Waals surface area contributed by atoms with Crippen LogP contribution in [0.2, 0.25) is 0 Å². The predicted octanol–water partition coefficient (Wildman–Crippen LogP) is 0.529. The highest BCUT2D eigenvalue weighted by atomic mass is 16.5. The van der Waals surface area contributed by atoms with Gasteiger partial charge < -0.3 is 15.2 Å². The zero-order chi connectivity index (χ0) is 10.4. The first-order chi connectivity index (χ1) is 6.64. The monoisotopic (exact) mass is 197 g/mol. The summed E-state index contributed by atoms with van der Waals surface area (Å²) in [6.45, 7) is 4.16. The molecule has 0 aromatic rings. The van der Waals surface area contributed by atoms with Crippen molar-refractivity contribution >= 4 is 0 Å². The van der Waals surface area contributed by atoms with Gasteiger partial charge in [-0.15, -0.1) is 12.3 Å². The lowest BCUT2D eigenvalue weighted by Crippen LogP contribution is -2.45. The van der Waals surface area contributed by atoms with Gasteiger partial charge in [0, 0.05) is 19.0 Å². The van der Waals surface area contributed by atoms with Gasteiger partial charge in [-0.3, -0.25) is 0 Å². The second-order valence-corrected chi connectivity index (χ2v) is 4.13. The van der Waals surface area contributed by atoms with Gasteiger partial charge >= 0.3 is 0 Å². The second kappa shape index (κ2) is 5.35. The summed E-state index contributed by atoms with van der Waals surface area (Å²) in [5.74, 6) is 2.55. The maximum Gasteiger partial charge on any atom is 0.0644 e. The third-order valence-electron chi connectivity index (χ3n) is 2.49. The summed E-state index contributed by atoms with van der Waals surface area (Å²) in [5, 5.41) is 13.3. The van der Waals surface area contributed by atoms with Crippen molar-refractivity contribution in [3.8, 4) is 12.3 Å². The molecule has 1 aliphatic heterocycles. The third kappa shape index (κ3) is 4.10. The van der Waals surface area contributed by atoms with Gasteiger partial charge in [0.2, 0.25) is 0 Å². The highest BCUT2D eigenvalue weighted by molar-refractivity contribution is 4.89. The van der Waals surface area contributed by atoms with Crippen molar-refractivity contribution in [1.82, 2.24) is 5.32 Å². The predicted molar refractivity (Wildman–Crippen MR) is 55.9 cm³/mol. The molecule has 1 saturated heterocycles. The van der Waals surface area contributed by atoms with Crippen LogP contribution in [0.1, 0.15) is 26.2 Å². The summed E-state index contributed by atoms with van der Waals surface area (Å²) in [6, 6.07) is 0.261. The molecule has 2 unspecified atom stereocenters. The topological polar surface area (TPSA) is 41.5 Å². The molecule has 80 valence electrons. The Kier molecular flexibility index (Phi) is 4.40. The van der Waals surface area contributed by atoms with E-state index >= 15 is 0 Å². The van der Waals surface area contributed by atoms with Crippen molar-refractivity contribution in [3.05, 3.63) is 0 Å². The van der Waals surface area contributed by atoms with Crippen LogP contribution in [0.3, 0.4) is 0 Å². The number of rotatable bonds is 4. The average Bonchev–Trinajstić information content (AvgIpc) is 2.16. The third-order valence-corrected chi connectivity index (χ3v) is 2.49. The largest absolute Gasteiger partial charge is 0.390 e. The van der Waals surface area contributed by atoms with E-state index in [2.05, 4.69) is 11.2 Å². The molecule has 0 amide bonds. The Balaban J connectivity index is 2.29. The van der Waals surface area contributed by atoms with Crippen LogP contribution in [-0.4, -0.2) is 36.5 Å². The maximum absolute atomic E-state index is 10.0. The zero-order valence-electron chi connectivity index (χ0n) is 8.75.